The zero-order chi connectivity index (χ0) is 17.4. The molecule has 7 heteroatoms. The predicted octanol–water partition coefficient (Wildman–Crippen LogP) is 3.33. The van der Waals surface area contributed by atoms with Gasteiger partial charge in [0.05, 0.1) is 4.90 Å². The molecule has 0 aliphatic heterocycles. The summed E-state index contributed by atoms with van der Waals surface area (Å²) in [5, 5.41) is 3.75. The SMILES string of the molecule is Cc1noc(-c2cccc(NS(=O)(=O)c3ccc4c(c3)CCC4)c2)n1. The second-order valence-corrected chi connectivity index (χ2v) is 7.80. The van der Waals surface area contributed by atoms with Gasteiger partial charge in [0, 0.05) is 11.3 Å². The maximum absolute atomic E-state index is 12.7. The molecule has 0 bridgehead atoms. The number of sulfonamides is 1. The summed E-state index contributed by atoms with van der Waals surface area (Å²) in [6.45, 7) is 1.73. The van der Waals surface area contributed by atoms with E-state index in [4.69, 9.17) is 4.52 Å². The van der Waals surface area contributed by atoms with Crippen molar-refractivity contribution in [2.45, 2.75) is 31.1 Å². The van der Waals surface area contributed by atoms with E-state index in [0.29, 0.717) is 23.0 Å². The highest BCUT2D eigenvalue weighted by Gasteiger charge is 2.19. The lowest BCUT2D eigenvalue weighted by Gasteiger charge is -2.10. The molecule has 6 nitrogen and oxygen atoms in total. The van der Waals surface area contributed by atoms with Crippen molar-refractivity contribution in [3.63, 3.8) is 0 Å². The zero-order valence-electron chi connectivity index (χ0n) is 13.7. The van der Waals surface area contributed by atoms with Crippen molar-refractivity contribution < 1.29 is 12.9 Å². The fourth-order valence-electron chi connectivity index (χ4n) is 3.06. The van der Waals surface area contributed by atoms with Gasteiger partial charge in [-0.15, -0.1) is 0 Å². The molecule has 0 radical (unpaired) electrons. The van der Waals surface area contributed by atoms with Crippen molar-refractivity contribution in [2.24, 2.45) is 0 Å². The van der Waals surface area contributed by atoms with Gasteiger partial charge in [-0.1, -0.05) is 17.3 Å². The number of anilines is 1. The van der Waals surface area contributed by atoms with E-state index in [-0.39, 0.29) is 4.90 Å². The lowest BCUT2D eigenvalue weighted by molar-refractivity contribution is 0.425. The van der Waals surface area contributed by atoms with Crippen molar-refractivity contribution in [3.05, 3.63) is 59.4 Å². The Kier molecular flexibility index (Phi) is 3.80. The zero-order valence-corrected chi connectivity index (χ0v) is 14.5. The maximum atomic E-state index is 12.7. The second kappa shape index (κ2) is 6.00. The number of hydrogen-bond donors (Lipinski definition) is 1. The Morgan fingerprint density at radius 2 is 1.92 bits per heavy atom. The Hall–Kier alpha value is -2.67. The normalized spacial score (nSPS) is 13.6. The first-order valence-electron chi connectivity index (χ1n) is 8.07. The van der Waals surface area contributed by atoms with E-state index in [9.17, 15) is 8.42 Å². The average molecular weight is 355 g/mol. The molecule has 4 rings (SSSR count). The van der Waals surface area contributed by atoms with Gasteiger partial charge in [-0.3, -0.25) is 4.72 Å². The molecule has 0 atom stereocenters. The molecule has 0 unspecified atom stereocenters. The Morgan fingerprint density at radius 3 is 2.72 bits per heavy atom. The molecule has 3 aromatic rings. The topological polar surface area (TPSA) is 85.1 Å². The quantitative estimate of drug-likeness (QED) is 0.776. The number of nitrogens with zero attached hydrogens (tertiary/aromatic N) is 2. The van der Waals surface area contributed by atoms with Crippen LogP contribution in [0, 0.1) is 6.92 Å². The first-order chi connectivity index (χ1) is 12.0. The van der Waals surface area contributed by atoms with E-state index in [1.54, 1.807) is 43.3 Å². The molecular formula is C18H17N3O3S. The fraction of sp³-hybridized carbons (Fsp3) is 0.222. The third-order valence-corrected chi connectivity index (χ3v) is 5.65. The van der Waals surface area contributed by atoms with E-state index in [1.807, 2.05) is 6.07 Å². The van der Waals surface area contributed by atoms with Crippen LogP contribution in [0.5, 0.6) is 0 Å². The highest BCUT2D eigenvalue weighted by molar-refractivity contribution is 7.92. The van der Waals surface area contributed by atoms with Crippen molar-refractivity contribution in [1.29, 1.82) is 0 Å². The molecule has 1 N–H and O–H groups in total. The Morgan fingerprint density at radius 1 is 1.08 bits per heavy atom. The van der Waals surface area contributed by atoms with Gasteiger partial charge in [-0.2, -0.15) is 4.98 Å². The van der Waals surface area contributed by atoms with Crippen LogP contribution in [0.4, 0.5) is 5.69 Å². The van der Waals surface area contributed by atoms with Gasteiger partial charge < -0.3 is 4.52 Å². The first-order valence-corrected chi connectivity index (χ1v) is 9.55. The average Bonchev–Trinajstić information content (AvgIpc) is 3.22. The highest BCUT2D eigenvalue weighted by atomic mass is 32.2. The smallest absolute Gasteiger partial charge is 0.261 e. The Bertz CT molecular complexity index is 1040. The van der Waals surface area contributed by atoms with Crippen molar-refractivity contribution in [3.8, 4) is 11.5 Å². The molecule has 128 valence electrons. The third kappa shape index (κ3) is 3.15. The molecule has 0 fully saturated rings. The van der Waals surface area contributed by atoms with Crippen LogP contribution in [-0.2, 0) is 22.9 Å². The summed E-state index contributed by atoms with van der Waals surface area (Å²) in [5.74, 6) is 0.884. The number of benzene rings is 2. The summed E-state index contributed by atoms with van der Waals surface area (Å²) >= 11 is 0. The minimum atomic E-state index is -3.65. The monoisotopic (exact) mass is 355 g/mol. The summed E-state index contributed by atoms with van der Waals surface area (Å²) < 4.78 is 33.1. The van der Waals surface area contributed by atoms with Crippen molar-refractivity contribution in [2.75, 3.05) is 4.72 Å². The lowest BCUT2D eigenvalue weighted by atomic mass is 10.1. The Balaban J connectivity index is 1.63. The van der Waals surface area contributed by atoms with Gasteiger partial charge in [0.2, 0.25) is 0 Å². The van der Waals surface area contributed by atoms with E-state index in [1.165, 1.54) is 5.56 Å². The van der Waals surface area contributed by atoms with Crippen LogP contribution in [0.15, 0.2) is 51.9 Å². The van der Waals surface area contributed by atoms with Gasteiger partial charge in [-0.25, -0.2) is 8.42 Å². The van der Waals surface area contributed by atoms with Gasteiger partial charge in [0.25, 0.3) is 15.9 Å². The molecule has 25 heavy (non-hydrogen) atoms. The van der Waals surface area contributed by atoms with Crippen LogP contribution >= 0.6 is 0 Å². The Labute approximate surface area is 145 Å². The molecule has 0 saturated heterocycles. The summed E-state index contributed by atoms with van der Waals surface area (Å²) in [4.78, 5) is 4.45. The fourth-order valence-corrected chi connectivity index (χ4v) is 4.16. The summed E-state index contributed by atoms with van der Waals surface area (Å²) in [6, 6.07) is 12.3. The van der Waals surface area contributed by atoms with Crippen molar-refractivity contribution in [1.82, 2.24) is 10.1 Å². The number of rotatable bonds is 4. The first kappa shape index (κ1) is 15.8. The minimum absolute atomic E-state index is 0.284. The number of nitrogens with one attached hydrogen (secondary N) is 1. The largest absolute Gasteiger partial charge is 0.334 e. The van der Waals surface area contributed by atoms with Crippen LogP contribution < -0.4 is 4.72 Å². The van der Waals surface area contributed by atoms with E-state index < -0.39 is 10.0 Å². The molecule has 1 aliphatic carbocycles. The van der Waals surface area contributed by atoms with Gasteiger partial charge in [0.15, 0.2) is 5.82 Å². The maximum Gasteiger partial charge on any atom is 0.261 e. The third-order valence-electron chi connectivity index (χ3n) is 4.27. The number of hydrogen-bond acceptors (Lipinski definition) is 5. The van der Waals surface area contributed by atoms with E-state index in [2.05, 4.69) is 14.9 Å². The summed E-state index contributed by atoms with van der Waals surface area (Å²) in [5.41, 5.74) is 3.48. The molecule has 1 aliphatic rings. The van der Waals surface area contributed by atoms with Crippen LogP contribution in [0.3, 0.4) is 0 Å². The summed E-state index contributed by atoms with van der Waals surface area (Å²) in [6.07, 6.45) is 3.04. The number of aromatic nitrogens is 2. The minimum Gasteiger partial charge on any atom is -0.334 e. The molecule has 0 amide bonds. The molecule has 2 aromatic carbocycles. The number of aryl methyl sites for hydroxylation is 3. The predicted molar refractivity (Wildman–Crippen MR) is 93.7 cm³/mol. The lowest BCUT2D eigenvalue weighted by Crippen LogP contribution is -2.13. The molecular weight excluding hydrogens is 338 g/mol. The van der Waals surface area contributed by atoms with E-state index in [0.717, 1.165) is 24.8 Å². The highest BCUT2D eigenvalue weighted by Crippen LogP contribution is 2.27. The van der Waals surface area contributed by atoms with E-state index >= 15 is 0 Å². The second-order valence-electron chi connectivity index (χ2n) is 6.12. The van der Waals surface area contributed by atoms with Gasteiger partial charge >= 0.3 is 0 Å². The molecule has 0 saturated carbocycles. The van der Waals surface area contributed by atoms with Crippen LogP contribution in [0.25, 0.3) is 11.5 Å². The standard InChI is InChI=1S/C18H17N3O3S/c1-12-19-18(24-20-12)15-6-3-7-16(10-15)21-25(22,23)17-9-8-13-4-2-5-14(13)11-17/h3,6-11,21H,2,4-5H2,1H3. The van der Waals surface area contributed by atoms with Gasteiger partial charge in [0.1, 0.15) is 0 Å². The van der Waals surface area contributed by atoms with Gasteiger partial charge in [-0.05, 0) is 67.6 Å². The summed E-state index contributed by atoms with van der Waals surface area (Å²) in [7, 11) is -3.65. The molecule has 0 spiro atoms. The van der Waals surface area contributed by atoms with Crippen LogP contribution in [0.2, 0.25) is 0 Å². The molecule has 1 aromatic heterocycles. The van der Waals surface area contributed by atoms with Crippen molar-refractivity contribution >= 4 is 15.7 Å². The van der Waals surface area contributed by atoms with Crippen LogP contribution in [-0.4, -0.2) is 18.6 Å². The molecule has 1 heterocycles. The number of fused-ring (bicyclic) bond motifs is 1. The van der Waals surface area contributed by atoms with Crippen LogP contribution in [0.1, 0.15) is 23.4 Å².